The Morgan fingerprint density at radius 1 is 1.47 bits per heavy atom. The maximum absolute atomic E-state index is 8.83. The van der Waals surface area contributed by atoms with Gasteiger partial charge in [-0.1, -0.05) is 25.5 Å². The zero-order valence-electron chi connectivity index (χ0n) is 9.72. The van der Waals surface area contributed by atoms with E-state index in [9.17, 15) is 0 Å². The molecule has 0 unspecified atom stereocenters. The predicted molar refractivity (Wildman–Crippen MR) is 66.7 cm³/mol. The highest BCUT2D eigenvalue weighted by Gasteiger charge is 2.08. The molecule has 2 N–H and O–H groups in total. The normalized spacial score (nSPS) is 10.1. The van der Waals surface area contributed by atoms with Gasteiger partial charge < -0.3 is 5.73 Å². The fraction of sp³-hybridized carbons (Fsp3) is 0.231. The van der Waals surface area contributed by atoms with Crippen LogP contribution in [-0.4, -0.2) is 9.78 Å². The van der Waals surface area contributed by atoms with Gasteiger partial charge in [-0.25, -0.2) is 4.68 Å². The molecule has 0 saturated carbocycles. The molecule has 1 aromatic carbocycles. The van der Waals surface area contributed by atoms with E-state index in [1.807, 2.05) is 24.3 Å². The van der Waals surface area contributed by atoms with E-state index < -0.39 is 0 Å². The SMILES string of the molecule is CCCc1cccc(-n2ncc(C#N)c2N)c1. The van der Waals surface area contributed by atoms with Crippen LogP contribution in [0.1, 0.15) is 24.5 Å². The van der Waals surface area contributed by atoms with Gasteiger partial charge in [-0.3, -0.25) is 0 Å². The Morgan fingerprint density at radius 2 is 2.29 bits per heavy atom. The van der Waals surface area contributed by atoms with E-state index in [1.54, 1.807) is 4.68 Å². The zero-order valence-corrected chi connectivity index (χ0v) is 9.72. The van der Waals surface area contributed by atoms with Crippen molar-refractivity contribution in [3.63, 3.8) is 0 Å². The molecule has 0 amide bonds. The lowest BCUT2D eigenvalue weighted by Gasteiger charge is -2.06. The van der Waals surface area contributed by atoms with Gasteiger partial charge in [0.15, 0.2) is 0 Å². The first kappa shape index (κ1) is 11.2. The number of nitrogen functional groups attached to an aromatic ring is 1. The first-order chi connectivity index (χ1) is 8.26. The largest absolute Gasteiger partial charge is 0.382 e. The third-order valence-electron chi connectivity index (χ3n) is 2.62. The molecular weight excluding hydrogens is 212 g/mol. The van der Waals surface area contributed by atoms with E-state index in [4.69, 9.17) is 11.0 Å². The number of benzene rings is 1. The average Bonchev–Trinajstić information content (AvgIpc) is 2.71. The van der Waals surface area contributed by atoms with Crippen LogP contribution in [0.25, 0.3) is 5.69 Å². The topological polar surface area (TPSA) is 67.6 Å². The summed E-state index contributed by atoms with van der Waals surface area (Å²) in [6.07, 6.45) is 3.61. The number of rotatable bonds is 3. The van der Waals surface area contributed by atoms with Crippen molar-refractivity contribution in [2.45, 2.75) is 19.8 Å². The molecule has 2 aromatic rings. The summed E-state index contributed by atoms with van der Waals surface area (Å²) in [5, 5.41) is 13.0. The van der Waals surface area contributed by atoms with Crippen molar-refractivity contribution in [1.29, 1.82) is 5.26 Å². The lowest BCUT2D eigenvalue weighted by Crippen LogP contribution is -2.03. The molecular formula is C13H14N4. The molecule has 2 rings (SSSR count). The van der Waals surface area contributed by atoms with Gasteiger partial charge in [0.2, 0.25) is 0 Å². The molecule has 4 heteroatoms. The molecule has 0 bridgehead atoms. The van der Waals surface area contributed by atoms with Crippen LogP contribution in [0.4, 0.5) is 5.82 Å². The molecule has 4 nitrogen and oxygen atoms in total. The molecule has 17 heavy (non-hydrogen) atoms. The molecule has 1 aromatic heterocycles. The number of anilines is 1. The first-order valence-electron chi connectivity index (χ1n) is 5.59. The van der Waals surface area contributed by atoms with Gasteiger partial charge in [0, 0.05) is 0 Å². The van der Waals surface area contributed by atoms with Gasteiger partial charge in [-0.2, -0.15) is 10.4 Å². The van der Waals surface area contributed by atoms with E-state index in [2.05, 4.69) is 18.1 Å². The van der Waals surface area contributed by atoms with Crippen LogP contribution in [0.5, 0.6) is 0 Å². The third kappa shape index (κ3) is 2.13. The number of hydrogen-bond donors (Lipinski definition) is 1. The molecule has 0 aliphatic heterocycles. The fourth-order valence-electron chi connectivity index (χ4n) is 1.78. The molecule has 0 fully saturated rings. The predicted octanol–water partition coefficient (Wildman–Crippen LogP) is 2.28. The van der Waals surface area contributed by atoms with Crippen LogP contribution < -0.4 is 5.73 Å². The molecule has 86 valence electrons. The van der Waals surface area contributed by atoms with Gasteiger partial charge in [0.05, 0.1) is 11.9 Å². The van der Waals surface area contributed by atoms with Crippen molar-refractivity contribution in [2.24, 2.45) is 0 Å². The summed E-state index contributed by atoms with van der Waals surface area (Å²) in [5.41, 5.74) is 8.40. The summed E-state index contributed by atoms with van der Waals surface area (Å²) in [6.45, 7) is 2.14. The van der Waals surface area contributed by atoms with Crippen molar-refractivity contribution in [3.8, 4) is 11.8 Å². The van der Waals surface area contributed by atoms with Crippen molar-refractivity contribution in [1.82, 2.24) is 9.78 Å². The fourth-order valence-corrected chi connectivity index (χ4v) is 1.78. The number of nitrogens with zero attached hydrogens (tertiary/aromatic N) is 3. The van der Waals surface area contributed by atoms with Crippen molar-refractivity contribution in [2.75, 3.05) is 5.73 Å². The van der Waals surface area contributed by atoms with Crippen molar-refractivity contribution >= 4 is 5.82 Å². The van der Waals surface area contributed by atoms with E-state index >= 15 is 0 Å². The second kappa shape index (κ2) is 4.71. The Hall–Kier alpha value is -2.28. The standard InChI is InChI=1S/C13H14N4/c1-2-4-10-5-3-6-12(7-10)17-13(15)11(8-14)9-16-17/h3,5-7,9H,2,4,15H2,1H3. The Balaban J connectivity index is 2.42. The third-order valence-corrected chi connectivity index (χ3v) is 2.62. The Labute approximate surface area is 100 Å². The molecule has 0 aliphatic carbocycles. The van der Waals surface area contributed by atoms with Gasteiger partial charge in [-0.05, 0) is 24.1 Å². The quantitative estimate of drug-likeness (QED) is 0.873. The average molecular weight is 226 g/mol. The number of aryl methyl sites for hydroxylation is 1. The zero-order chi connectivity index (χ0) is 12.3. The van der Waals surface area contributed by atoms with E-state index in [1.165, 1.54) is 11.8 Å². The van der Waals surface area contributed by atoms with Crippen LogP contribution in [0.3, 0.4) is 0 Å². The second-order valence-corrected chi connectivity index (χ2v) is 3.89. The van der Waals surface area contributed by atoms with Crippen molar-refractivity contribution in [3.05, 3.63) is 41.6 Å². The maximum atomic E-state index is 8.83. The van der Waals surface area contributed by atoms with Gasteiger partial charge in [0.25, 0.3) is 0 Å². The summed E-state index contributed by atoms with van der Waals surface area (Å²) in [4.78, 5) is 0. The van der Waals surface area contributed by atoms with E-state index in [-0.39, 0.29) is 0 Å². The number of nitriles is 1. The Bertz CT molecular complexity index is 563. The Kier molecular flexibility index (Phi) is 3.10. The van der Waals surface area contributed by atoms with Crippen LogP contribution >= 0.6 is 0 Å². The van der Waals surface area contributed by atoms with Crippen LogP contribution in [-0.2, 0) is 6.42 Å². The smallest absolute Gasteiger partial charge is 0.145 e. The van der Waals surface area contributed by atoms with Gasteiger partial charge in [0.1, 0.15) is 17.5 Å². The summed E-state index contributed by atoms with van der Waals surface area (Å²) >= 11 is 0. The monoisotopic (exact) mass is 226 g/mol. The minimum Gasteiger partial charge on any atom is -0.382 e. The maximum Gasteiger partial charge on any atom is 0.145 e. The summed E-state index contributed by atoms with van der Waals surface area (Å²) in [5.74, 6) is 0.390. The van der Waals surface area contributed by atoms with Gasteiger partial charge in [-0.15, -0.1) is 0 Å². The number of aromatic nitrogens is 2. The number of nitrogens with two attached hydrogens (primary N) is 1. The molecule has 0 spiro atoms. The molecule has 0 aliphatic rings. The highest BCUT2D eigenvalue weighted by molar-refractivity contribution is 5.53. The van der Waals surface area contributed by atoms with Crippen LogP contribution in [0.2, 0.25) is 0 Å². The minimum absolute atomic E-state index is 0.390. The lowest BCUT2D eigenvalue weighted by molar-refractivity contribution is 0.877. The Morgan fingerprint density at radius 3 is 2.94 bits per heavy atom. The van der Waals surface area contributed by atoms with Gasteiger partial charge >= 0.3 is 0 Å². The lowest BCUT2D eigenvalue weighted by atomic mass is 10.1. The van der Waals surface area contributed by atoms with Crippen molar-refractivity contribution < 1.29 is 0 Å². The molecule has 0 atom stereocenters. The minimum atomic E-state index is 0.390. The molecule has 0 saturated heterocycles. The second-order valence-electron chi connectivity index (χ2n) is 3.89. The summed E-state index contributed by atoms with van der Waals surface area (Å²) < 4.78 is 1.59. The number of hydrogen-bond acceptors (Lipinski definition) is 3. The summed E-state index contributed by atoms with van der Waals surface area (Å²) in [6, 6.07) is 10.1. The highest BCUT2D eigenvalue weighted by atomic mass is 15.3. The van der Waals surface area contributed by atoms with E-state index in [0.29, 0.717) is 11.4 Å². The highest BCUT2D eigenvalue weighted by Crippen LogP contribution is 2.17. The van der Waals surface area contributed by atoms with E-state index in [0.717, 1.165) is 18.5 Å². The first-order valence-corrected chi connectivity index (χ1v) is 5.59. The molecule has 0 radical (unpaired) electrons. The van der Waals surface area contributed by atoms with Crippen LogP contribution in [0, 0.1) is 11.3 Å². The van der Waals surface area contributed by atoms with Crippen LogP contribution in [0.15, 0.2) is 30.5 Å². The molecule has 1 heterocycles. The summed E-state index contributed by atoms with van der Waals surface area (Å²) in [7, 11) is 0.